The Bertz CT molecular complexity index is 1760. The summed E-state index contributed by atoms with van der Waals surface area (Å²) in [7, 11) is 1.90. The molecule has 0 aliphatic carbocycles. The van der Waals surface area contributed by atoms with E-state index in [0.29, 0.717) is 0 Å². The molecular formula is C43H50N4. The fraction of sp³-hybridized carbons (Fsp3) is 0.163. The highest BCUT2D eigenvalue weighted by molar-refractivity contribution is 5.88. The van der Waals surface area contributed by atoms with Gasteiger partial charge < -0.3 is 21.9 Å². The Morgan fingerprint density at radius 1 is 0.766 bits per heavy atom. The largest absolute Gasteiger partial charge is 0.405 e. The predicted molar refractivity (Wildman–Crippen MR) is 210 cm³/mol. The van der Waals surface area contributed by atoms with Crippen molar-refractivity contribution in [2.24, 2.45) is 5.73 Å². The van der Waals surface area contributed by atoms with Crippen LogP contribution >= 0.6 is 0 Å². The average molecular weight is 623 g/mol. The molecule has 0 saturated heterocycles. The summed E-state index contributed by atoms with van der Waals surface area (Å²) < 4.78 is 0. The van der Waals surface area contributed by atoms with Crippen LogP contribution in [0, 0.1) is 17.7 Å². The molecule has 47 heavy (non-hydrogen) atoms. The molecule has 0 bridgehead atoms. The molecule has 0 atom stereocenters. The molecule has 0 amide bonds. The van der Waals surface area contributed by atoms with Gasteiger partial charge in [-0.3, -0.25) is 0 Å². The molecule has 2 aromatic carbocycles. The third-order valence-corrected chi connectivity index (χ3v) is 7.76. The van der Waals surface area contributed by atoms with Gasteiger partial charge in [0.15, 0.2) is 0 Å². The van der Waals surface area contributed by atoms with Crippen molar-refractivity contribution < 1.29 is 0 Å². The molecule has 0 fully saturated rings. The number of allylic oxidation sites excluding steroid dienone is 19. The molecule has 2 rings (SSSR count). The van der Waals surface area contributed by atoms with E-state index in [9.17, 15) is 0 Å². The van der Waals surface area contributed by atoms with Gasteiger partial charge >= 0.3 is 0 Å². The number of hydrogen-bond acceptors (Lipinski definition) is 4. The zero-order valence-corrected chi connectivity index (χ0v) is 29.0. The molecule has 0 aliphatic rings. The molecule has 0 aliphatic heterocycles. The summed E-state index contributed by atoms with van der Waals surface area (Å²) in [5.41, 5.74) is 19.5. The van der Waals surface area contributed by atoms with Gasteiger partial charge in [0.25, 0.3) is 0 Å². The topological polar surface area (TPSA) is 85.8 Å². The Balaban J connectivity index is 3.01. The van der Waals surface area contributed by atoms with E-state index in [1.54, 1.807) is 24.4 Å². The second-order valence-corrected chi connectivity index (χ2v) is 10.7. The maximum absolute atomic E-state index is 7.73. The van der Waals surface area contributed by atoms with E-state index in [4.69, 9.17) is 16.6 Å². The molecule has 0 heterocycles. The molecule has 0 spiro atoms. The minimum Gasteiger partial charge on any atom is -0.405 e. The van der Waals surface area contributed by atoms with E-state index in [-0.39, 0.29) is 0 Å². The van der Waals surface area contributed by atoms with Crippen LogP contribution in [-0.4, -0.2) is 19.5 Å². The summed E-state index contributed by atoms with van der Waals surface area (Å²) in [6.45, 7) is 16.2. The van der Waals surface area contributed by atoms with Crippen LogP contribution in [-0.2, 0) is 0 Å². The zero-order valence-electron chi connectivity index (χ0n) is 29.0. The molecule has 2 aromatic rings. The second-order valence-electron chi connectivity index (χ2n) is 10.7. The summed E-state index contributed by atoms with van der Waals surface area (Å²) in [6.07, 6.45) is 30.0. The molecular weight excluding hydrogens is 573 g/mol. The third-order valence-electron chi connectivity index (χ3n) is 7.76. The first-order valence-electron chi connectivity index (χ1n) is 15.8. The van der Waals surface area contributed by atoms with Crippen molar-refractivity contribution in [3.8, 4) is 11.1 Å². The van der Waals surface area contributed by atoms with Gasteiger partial charge in [-0.25, -0.2) is 0 Å². The highest BCUT2D eigenvalue weighted by Gasteiger charge is 2.14. The molecule has 0 unspecified atom stereocenters. The molecule has 0 saturated carbocycles. The SMILES string of the molecule is C=CC(=CC=N)C(C)=CC(=CC(=CC)C(C=CC)=CC=N)c1cccc(-c2cc(C(C=CN)=CC)c(C)c(C(C=CNC)=CC)c2)c1. The fourth-order valence-electron chi connectivity index (χ4n) is 5.31. The zero-order chi connectivity index (χ0) is 34.8. The van der Waals surface area contributed by atoms with E-state index in [2.05, 4.69) is 98.6 Å². The lowest BCUT2D eigenvalue weighted by Gasteiger charge is -2.17. The van der Waals surface area contributed by atoms with E-state index < -0.39 is 0 Å². The number of nitrogens with two attached hydrogens (primary N) is 1. The van der Waals surface area contributed by atoms with Crippen LogP contribution in [0.4, 0.5) is 0 Å². The van der Waals surface area contributed by atoms with Crippen LogP contribution in [0.1, 0.15) is 56.9 Å². The Hall–Kier alpha value is -5.48. The smallest absolute Gasteiger partial charge is 0.0183 e. The number of hydrogen-bond donors (Lipinski definition) is 4. The lowest BCUT2D eigenvalue weighted by molar-refractivity contribution is 1.10. The van der Waals surface area contributed by atoms with Crippen LogP contribution in [0.5, 0.6) is 0 Å². The van der Waals surface area contributed by atoms with Gasteiger partial charge in [-0.1, -0.05) is 67.3 Å². The monoisotopic (exact) mass is 622 g/mol. The third kappa shape index (κ3) is 10.3. The Labute approximate surface area is 282 Å². The van der Waals surface area contributed by atoms with E-state index in [1.165, 1.54) is 18.0 Å². The van der Waals surface area contributed by atoms with Gasteiger partial charge in [0.2, 0.25) is 0 Å². The van der Waals surface area contributed by atoms with Crippen molar-refractivity contribution in [1.82, 2.24) is 5.32 Å². The highest BCUT2D eigenvalue weighted by atomic mass is 14.8. The highest BCUT2D eigenvalue weighted by Crippen LogP contribution is 2.35. The normalized spacial score (nSPS) is 14.4. The quantitative estimate of drug-likeness (QED) is 0.118. The molecule has 5 N–H and O–H groups in total. The predicted octanol–water partition coefficient (Wildman–Crippen LogP) is 10.9. The molecule has 242 valence electrons. The first-order chi connectivity index (χ1) is 22.8. The Morgan fingerprint density at radius 2 is 1.40 bits per heavy atom. The summed E-state index contributed by atoms with van der Waals surface area (Å²) >= 11 is 0. The molecule has 4 heteroatoms. The molecule has 0 aromatic heterocycles. The van der Waals surface area contributed by atoms with Crippen LogP contribution in [0.25, 0.3) is 27.8 Å². The van der Waals surface area contributed by atoms with Crippen LogP contribution in [0.2, 0.25) is 0 Å². The lowest BCUT2D eigenvalue weighted by atomic mass is 9.87. The number of nitrogens with one attached hydrogen (secondary N) is 3. The Kier molecular flexibility index (Phi) is 15.9. The first-order valence-corrected chi connectivity index (χ1v) is 15.8. The van der Waals surface area contributed by atoms with Crippen LogP contribution in [0.3, 0.4) is 0 Å². The van der Waals surface area contributed by atoms with Crippen molar-refractivity contribution in [3.63, 3.8) is 0 Å². The van der Waals surface area contributed by atoms with Gasteiger partial charge in [-0.2, -0.15) is 0 Å². The molecule has 0 radical (unpaired) electrons. The van der Waals surface area contributed by atoms with E-state index in [1.807, 2.05) is 59.2 Å². The first kappa shape index (κ1) is 37.7. The average Bonchev–Trinajstić information content (AvgIpc) is 3.08. The van der Waals surface area contributed by atoms with Gasteiger partial charge in [0, 0.05) is 19.5 Å². The summed E-state index contributed by atoms with van der Waals surface area (Å²) in [5, 5.41) is 18.5. The van der Waals surface area contributed by atoms with E-state index >= 15 is 0 Å². The van der Waals surface area contributed by atoms with Gasteiger partial charge in [0.05, 0.1) is 0 Å². The molecule has 4 nitrogen and oxygen atoms in total. The van der Waals surface area contributed by atoms with Crippen molar-refractivity contribution in [1.29, 1.82) is 10.8 Å². The summed E-state index contributed by atoms with van der Waals surface area (Å²) in [4.78, 5) is 0. The van der Waals surface area contributed by atoms with Gasteiger partial charge in [-0.15, -0.1) is 0 Å². The summed E-state index contributed by atoms with van der Waals surface area (Å²) in [5.74, 6) is 0. The van der Waals surface area contributed by atoms with Crippen molar-refractivity contribution in [2.75, 3.05) is 7.05 Å². The number of rotatable bonds is 15. The second kappa shape index (κ2) is 19.8. The lowest BCUT2D eigenvalue weighted by Crippen LogP contribution is -1.98. The Morgan fingerprint density at radius 3 is 1.94 bits per heavy atom. The standard InChI is InChI=1S/C43H50N4/c1-9-15-37(20-24-46)36(13-5)27-40(26-31(6)33(10-2)18-22-44)38-16-14-17-39(28-38)41-29-42(34(11-3)19-23-45)32(7)43(30-41)35(12-4)21-25-47-8/h9-30,44,46-47H,2,45H2,1,3-8H3. The minimum atomic E-state index is 0.876. The van der Waals surface area contributed by atoms with Crippen molar-refractivity contribution in [3.05, 3.63) is 173 Å². The minimum absolute atomic E-state index is 0.876. The van der Waals surface area contributed by atoms with Crippen molar-refractivity contribution in [2.45, 2.75) is 41.5 Å². The van der Waals surface area contributed by atoms with Crippen molar-refractivity contribution >= 4 is 29.1 Å². The van der Waals surface area contributed by atoms with Gasteiger partial charge in [-0.05, 0) is 175 Å². The fourth-order valence-corrected chi connectivity index (χ4v) is 5.31. The maximum atomic E-state index is 7.73. The van der Waals surface area contributed by atoms with E-state index in [0.717, 1.165) is 66.8 Å². The maximum Gasteiger partial charge on any atom is 0.0183 e. The van der Waals surface area contributed by atoms with Crippen LogP contribution < -0.4 is 11.1 Å². The van der Waals surface area contributed by atoms with Gasteiger partial charge in [0.1, 0.15) is 0 Å². The number of benzene rings is 2. The van der Waals surface area contributed by atoms with Crippen LogP contribution in [0.15, 0.2) is 151 Å². The summed E-state index contributed by atoms with van der Waals surface area (Å²) in [6, 6.07) is 13.1.